The predicted molar refractivity (Wildman–Crippen MR) is 72.4 cm³/mol. The number of aromatic nitrogens is 4. The summed E-state index contributed by atoms with van der Waals surface area (Å²) in [5.74, 6) is 0.0570. The van der Waals surface area contributed by atoms with Gasteiger partial charge in [-0.2, -0.15) is 9.78 Å². The van der Waals surface area contributed by atoms with Crippen LogP contribution < -0.4 is 0 Å². The van der Waals surface area contributed by atoms with Crippen LogP contribution in [0.4, 0.5) is 0 Å². The maximum atomic E-state index is 11.4. The van der Waals surface area contributed by atoms with Crippen molar-refractivity contribution in [3.63, 3.8) is 0 Å². The van der Waals surface area contributed by atoms with E-state index >= 15 is 0 Å². The van der Waals surface area contributed by atoms with Crippen LogP contribution in [0.5, 0.6) is 0 Å². The number of hydrogen-bond acceptors (Lipinski definition) is 3. The van der Waals surface area contributed by atoms with Crippen molar-refractivity contribution in [1.29, 1.82) is 0 Å². The average Bonchev–Trinajstić information content (AvgIpc) is 3.07. The number of aryl methyl sites for hydroxylation is 1. The molecule has 0 aromatic carbocycles. The lowest BCUT2D eigenvalue weighted by molar-refractivity contribution is 0.0697. The quantitative estimate of drug-likeness (QED) is 0.789. The van der Waals surface area contributed by atoms with Gasteiger partial charge in [0.1, 0.15) is 5.56 Å². The second-order valence-corrected chi connectivity index (χ2v) is 4.33. The van der Waals surface area contributed by atoms with Gasteiger partial charge in [-0.05, 0) is 30.7 Å². The lowest BCUT2D eigenvalue weighted by atomic mass is 10.3. The number of pyridine rings is 1. The van der Waals surface area contributed by atoms with E-state index in [1.807, 2.05) is 31.2 Å². The van der Waals surface area contributed by atoms with E-state index in [-0.39, 0.29) is 5.56 Å². The summed E-state index contributed by atoms with van der Waals surface area (Å²) in [6.45, 7) is 1.91. The van der Waals surface area contributed by atoms with Crippen LogP contribution in [0, 0.1) is 6.92 Å². The molecule has 6 heteroatoms. The Morgan fingerprint density at radius 2 is 2.00 bits per heavy atom. The van der Waals surface area contributed by atoms with Crippen LogP contribution >= 0.6 is 0 Å². The molecule has 0 unspecified atom stereocenters. The lowest BCUT2D eigenvalue weighted by Crippen LogP contribution is -2.10. The second-order valence-electron chi connectivity index (χ2n) is 4.33. The Hall–Kier alpha value is -2.89. The first-order valence-electron chi connectivity index (χ1n) is 6.05. The zero-order chi connectivity index (χ0) is 14.1. The van der Waals surface area contributed by atoms with Crippen molar-refractivity contribution >= 4 is 5.97 Å². The SMILES string of the molecule is Cc1cccnc1-n1ncc(C(=O)O)c1-n1cccc1. The fourth-order valence-corrected chi connectivity index (χ4v) is 2.07. The molecule has 3 aromatic heterocycles. The van der Waals surface area contributed by atoms with Crippen LogP contribution in [0.1, 0.15) is 15.9 Å². The molecule has 0 saturated carbocycles. The highest BCUT2D eigenvalue weighted by atomic mass is 16.4. The highest BCUT2D eigenvalue weighted by molar-refractivity contribution is 5.91. The number of carboxylic acids is 1. The van der Waals surface area contributed by atoms with Gasteiger partial charge in [0, 0.05) is 18.6 Å². The number of nitrogens with zero attached hydrogens (tertiary/aromatic N) is 4. The summed E-state index contributed by atoms with van der Waals surface area (Å²) in [5.41, 5.74) is 1.05. The summed E-state index contributed by atoms with van der Waals surface area (Å²) in [5, 5.41) is 13.5. The predicted octanol–water partition coefficient (Wildman–Crippen LogP) is 2.06. The number of aromatic carboxylic acids is 1. The molecular formula is C14H12N4O2. The molecule has 0 fully saturated rings. The molecule has 100 valence electrons. The summed E-state index contributed by atoms with van der Waals surface area (Å²) in [6, 6.07) is 7.39. The van der Waals surface area contributed by atoms with E-state index in [0.717, 1.165) is 5.56 Å². The second kappa shape index (κ2) is 4.65. The molecule has 0 aliphatic rings. The van der Waals surface area contributed by atoms with Crippen LogP contribution in [0.15, 0.2) is 49.1 Å². The minimum absolute atomic E-state index is 0.131. The molecule has 3 heterocycles. The molecule has 0 amide bonds. The molecule has 0 atom stereocenters. The summed E-state index contributed by atoms with van der Waals surface area (Å²) in [7, 11) is 0. The Bertz CT molecular complexity index is 759. The Kier molecular flexibility index (Phi) is 2.83. The van der Waals surface area contributed by atoms with Crippen molar-refractivity contribution in [2.24, 2.45) is 0 Å². The minimum Gasteiger partial charge on any atom is -0.477 e. The molecular weight excluding hydrogens is 256 g/mol. The Balaban J connectivity index is 2.28. The highest BCUT2D eigenvalue weighted by Gasteiger charge is 2.20. The molecule has 0 radical (unpaired) electrons. The monoisotopic (exact) mass is 268 g/mol. The van der Waals surface area contributed by atoms with Crippen molar-refractivity contribution < 1.29 is 9.90 Å². The molecule has 0 bridgehead atoms. The van der Waals surface area contributed by atoms with Crippen molar-refractivity contribution in [3.05, 3.63) is 60.2 Å². The van der Waals surface area contributed by atoms with Crippen molar-refractivity contribution in [2.45, 2.75) is 6.92 Å². The Labute approximate surface area is 114 Å². The Morgan fingerprint density at radius 3 is 2.65 bits per heavy atom. The first-order valence-corrected chi connectivity index (χ1v) is 6.05. The first kappa shape index (κ1) is 12.2. The number of hydrogen-bond donors (Lipinski definition) is 1. The standard InChI is InChI=1S/C14H12N4O2/c1-10-5-4-6-15-12(10)18-13(17-7-2-3-8-17)11(9-16-18)14(19)20/h2-9H,1H3,(H,19,20). The first-order chi connectivity index (χ1) is 9.68. The summed E-state index contributed by atoms with van der Waals surface area (Å²) in [4.78, 5) is 15.6. The topological polar surface area (TPSA) is 72.9 Å². The van der Waals surface area contributed by atoms with Crippen molar-refractivity contribution in [1.82, 2.24) is 19.3 Å². The van der Waals surface area contributed by atoms with Gasteiger partial charge in [-0.1, -0.05) is 6.07 Å². The number of carboxylic acid groups (broad SMARTS) is 1. The van der Waals surface area contributed by atoms with Crippen LogP contribution in [0.25, 0.3) is 11.6 Å². The summed E-state index contributed by atoms with van der Waals surface area (Å²) < 4.78 is 3.25. The largest absolute Gasteiger partial charge is 0.477 e. The molecule has 0 spiro atoms. The van der Waals surface area contributed by atoms with Crippen molar-refractivity contribution in [2.75, 3.05) is 0 Å². The van der Waals surface area contributed by atoms with Gasteiger partial charge in [-0.15, -0.1) is 0 Å². The summed E-state index contributed by atoms with van der Waals surface area (Å²) >= 11 is 0. The molecule has 3 aromatic rings. The van der Waals surface area contributed by atoms with E-state index in [4.69, 9.17) is 0 Å². The van der Waals surface area contributed by atoms with Crippen LogP contribution in [0.2, 0.25) is 0 Å². The third-order valence-electron chi connectivity index (χ3n) is 3.01. The average molecular weight is 268 g/mol. The number of carbonyl (C=O) groups is 1. The van der Waals surface area contributed by atoms with Gasteiger partial charge in [-0.3, -0.25) is 0 Å². The van der Waals surface area contributed by atoms with E-state index in [0.29, 0.717) is 11.6 Å². The lowest BCUT2D eigenvalue weighted by Gasteiger charge is -2.10. The number of rotatable bonds is 3. The van der Waals surface area contributed by atoms with Gasteiger partial charge in [0.05, 0.1) is 6.20 Å². The van der Waals surface area contributed by atoms with Crippen molar-refractivity contribution in [3.8, 4) is 11.6 Å². The molecule has 0 aliphatic heterocycles. The zero-order valence-corrected chi connectivity index (χ0v) is 10.8. The van der Waals surface area contributed by atoms with Gasteiger partial charge < -0.3 is 9.67 Å². The minimum atomic E-state index is -1.02. The van der Waals surface area contributed by atoms with Gasteiger partial charge >= 0.3 is 5.97 Å². The van der Waals surface area contributed by atoms with Gasteiger partial charge in [0.25, 0.3) is 0 Å². The van der Waals surface area contributed by atoms with Crippen LogP contribution in [-0.2, 0) is 0 Å². The van der Waals surface area contributed by atoms with Gasteiger partial charge in [0.2, 0.25) is 0 Å². The third-order valence-corrected chi connectivity index (χ3v) is 3.01. The van der Waals surface area contributed by atoms with Crippen LogP contribution in [-0.4, -0.2) is 30.4 Å². The van der Waals surface area contributed by atoms with E-state index in [2.05, 4.69) is 10.1 Å². The normalized spacial score (nSPS) is 10.7. The maximum absolute atomic E-state index is 11.4. The molecule has 6 nitrogen and oxygen atoms in total. The molecule has 20 heavy (non-hydrogen) atoms. The molecule has 0 aliphatic carbocycles. The van der Waals surface area contributed by atoms with Gasteiger partial charge in [0.15, 0.2) is 11.6 Å². The Morgan fingerprint density at radius 1 is 1.25 bits per heavy atom. The van der Waals surface area contributed by atoms with E-state index in [9.17, 15) is 9.90 Å². The molecule has 3 rings (SSSR count). The van der Waals surface area contributed by atoms with E-state index < -0.39 is 5.97 Å². The summed E-state index contributed by atoms with van der Waals surface area (Å²) in [6.07, 6.45) is 6.55. The highest BCUT2D eigenvalue weighted by Crippen LogP contribution is 2.20. The van der Waals surface area contributed by atoms with E-state index in [1.165, 1.54) is 6.20 Å². The zero-order valence-electron chi connectivity index (χ0n) is 10.8. The maximum Gasteiger partial charge on any atom is 0.341 e. The fourth-order valence-electron chi connectivity index (χ4n) is 2.07. The fraction of sp³-hybridized carbons (Fsp3) is 0.0714. The molecule has 0 saturated heterocycles. The van der Waals surface area contributed by atoms with Gasteiger partial charge in [-0.25, -0.2) is 9.78 Å². The third kappa shape index (κ3) is 1.87. The molecule has 1 N–H and O–H groups in total. The van der Waals surface area contributed by atoms with Crippen LogP contribution in [0.3, 0.4) is 0 Å². The smallest absolute Gasteiger partial charge is 0.341 e. The van der Waals surface area contributed by atoms with E-state index in [1.54, 1.807) is 27.8 Å².